The highest BCUT2D eigenvalue weighted by molar-refractivity contribution is 6.30. The summed E-state index contributed by atoms with van der Waals surface area (Å²) in [4.78, 5) is 28.8. The Kier molecular flexibility index (Phi) is 4.98. The van der Waals surface area contributed by atoms with E-state index in [2.05, 4.69) is 10.8 Å². The molecule has 26 heavy (non-hydrogen) atoms. The molecule has 1 aromatic carbocycles. The molecule has 0 unspecified atom stereocenters. The first-order valence-corrected chi connectivity index (χ1v) is 8.68. The highest BCUT2D eigenvalue weighted by Gasteiger charge is 2.73. The first-order valence-electron chi connectivity index (χ1n) is 7.77. The molecule has 3 fully saturated rings. The predicted octanol–water partition coefficient (Wildman–Crippen LogP) is 2.16. The van der Waals surface area contributed by atoms with E-state index < -0.39 is 22.7 Å². The van der Waals surface area contributed by atoms with Crippen LogP contribution in [0, 0.1) is 16.6 Å². The standard InChI is InChI=1S/C16H16Cl2FN3O4/c17-4-12(20)22-26-14(24)15-6-16(7-15,8-15)21-13(23)5-25-9-1-2-10(18)11(19)3-9/h1-3H,4-8H2,(H2,20,22)(H,21,23). The van der Waals surface area contributed by atoms with Crippen LogP contribution >= 0.6 is 23.2 Å². The Morgan fingerprint density at radius 1 is 1.31 bits per heavy atom. The highest BCUT2D eigenvalue weighted by atomic mass is 35.5. The molecular formula is C16H16Cl2FN3O4. The Bertz CT molecular complexity index is 754. The summed E-state index contributed by atoms with van der Waals surface area (Å²) in [7, 11) is 0. The minimum Gasteiger partial charge on any atom is -0.484 e. The first-order chi connectivity index (χ1) is 12.3. The lowest BCUT2D eigenvalue weighted by Crippen LogP contribution is -2.77. The molecule has 7 nitrogen and oxygen atoms in total. The quantitative estimate of drug-likeness (QED) is 0.292. The van der Waals surface area contributed by atoms with Crippen LogP contribution in [0.15, 0.2) is 18.2 Å². The van der Waals surface area contributed by atoms with Gasteiger partial charge in [0.15, 0.2) is 6.61 Å². The maximum atomic E-state index is 13.3. The number of amidine groups is 1. The van der Waals surface area contributed by atoms with E-state index in [0.29, 0.717) is 19.3 Å². The molecule has 140 valence electrons. The van der Waals surface area contributed by atoms with Crippen molar-refractivity contribution in [1.82, 2.24) is 10.8 Å². The summed E-state index contributed by atoms with van der Waals surface area (Å²) in [5, 5.41) is 10.1. The zero-order chi connectivity index (χ0) is 18.9. The zero-order valence-corrected chi connectivity index (χ0v) is 15.0. The average Bonchev–Trinajstić information content (AvgIpc) is 2.55. The summed E-state index contributed by atoms with van der Waals surface area (Å²) >= 11 is 11.0. The molecule has 0 saturated heterocycles. The van der Waals surface area contributed by atoms with Crippen molar-refractivity contribution < 1.29 is 23.6 Å². The van der Waals surface area contributed by atoms with E-state index in [1.807, 2.05) is 0 Å². The number of carbonyl (C=O) groups is 2. The van der Waals surface area contributed by atoms with Crippen LogP contribution in [0.25, 0.3) is 0 Å². The van der Waals surface area contributed by atoms with Crippen molar-refractivity contribution in [1.29, 1.82) is 5.41 Å². The van der Waals surface area contributed by atoms with Gasteiger partial charge >= 0.3 is 5.97 Å². The largest absolute Gasteiger partial charge is 0.484 e. The Morgan fingerprint density at radius 2 is 2.00 bits per heavy atom. The molecule has 4 rings (SSSR count). The number of alkyl halides is 1. The monoisotopic (exact) mass is 403 g/mol. The highest BCUT2D eigenvalue weighted by Crippen LogP contribution is 2.67. The second kappa shape index (κ2) is 6.92. The van der Waals surface area contributed by atoms with Crippen LogP contribution < -0.4 is 15.5 Å². The number of hydrogen-bond donors (Lipinski definition) is 3. The van der Waals surface area contributed by atoms with Crippen molar-refractivity contribution in [3.63, 3.8) is 0 Å². The molecule has 0 radical (unpaired) electrons. The summed E-state index contributed by atoms with van der Waals surface area (Å²) in [6, 6.07) is 3.92. The minimum atomic E-state index is -0.625. The lowest BCUT2D eigenvalue weighted by Gasteiger charge is -2.68. The van der Waals surface area contributed by atoms with Gasteiger partial charge in [0.1, 0.15) is 17.4 Å². The molecule has 0 spiro atoms. The lowest BCUT2D eigenvalue weighted by molar-refractivity contribution is -0.209. The van der Waals surface area contributed by atoms with Gasteiger partial charge in [-0.05, 0) is 31.4 Å². The van der Waals surface area contributed by atoms with E-state index in [-0.39, 0.29) is 35.0 Å². The van der Waals surface area contributed by atoms with Crippen LogP contribution in [0.5, 0.6) is 5.75 Å². The maximum Gasteiger partial charge on any atom is 0.338 e. The van der Waals surface area contributed by atoms with Gasteiger partial charge in [-0.25, -0.2) is 14.7 Å². The van der Waals surface area contributed by atoms with Crippen molar-refractivity contribution in [2.45, 2.75) is 24.8 Å². The number of rotatable bonds is 6. The number of hydroxylamine groups is 1. The summed E-state index contributed by atoms with van der Waals surface area (Å²) in [6.07, 6.45) is 1.40. The summed E-state index contributed by atoms with van der Waals surface area (Å²) in [6.45, 7) is -0.269. The van der Waals surface area contributed by atoms with Crippen molar-refractivity contribution in [3.8, 4) is 5.75 Å². The SMILES string of the molecule is N=C(CCl)NOC(=O)C12CC(NC(=O)COc3ccc(Cl)c(F)c3)(C1)C2. The van der Waals surface area contributed by atoms with E-state index in [1.165, 1.54) is 12.1 Å². The van der Waals surface area contributed by atoms with Gasteiger partial charge in [0, 0.05) is 11.6 Å². The maximum absolute atomic E-state index is 13.3. The Labute approximate surface area is 158 Å². The third-order valence-corrected chi connectivity index (χ3v) is 5.10. The average molecular weight is 404 g/mol. The van der Waals surface area contributed by atoms with Crippen molar-refractivity contribution in [2.75, 3.05) is 12.5 Å². The van der Waals surface area contributed by atoms with E-state index in [1.54, 1.807) is 0 Å². The predicted molar refractivity (Wildman–Crippen MR) is 91.7 cm³/mol. The fourth-order valence-corrected chi connectivity index (χ4v) is 3.60. The normalized spacial score (nSPS) is 25.3. The second-order valence-corrected chi connectivity index (χ2v) is 7.28. The van der Waals surface area contributed by atoms with E-state index in [0.717, 1.165) is 6.07 Å². The number of halogens is 3. The lowest BCUT2D eigenvalue weighted by atomic mass is 9.39. The number of ether oxygens (including phenoxy) is 1. The van der Waals surface area contributed by atoms with Gasteiger partial charge in [-0.3, -0.25) is 10.2 Å². The summed E-state index contributed by atoms with van der Waals surface area (Å²) < 4.78 is 18.6. The number of nitrogens with one attached hydrogen (secondary N) is 3. The molecule has 3 aliphatic rings. The molecule has 1 aromatic rings. The van der Waals surface area contributed by atoms with Crippen LogP contribution in [0.4, 0.5) is 4.39 Å². The zero-order valence-electron chi connectivity index (χ0n) is 13.5. The Hall–Kier alpha value is -2.06. The smallest absolute Gasteiger partial charge is 0.338 e. The first kappa shape index (κ1) is 18.7. The summed E-state index contributed by atoms with van der Waals surface area (Å²) in [5.74, 6) is -1.43. The second-order valence-electron chi connectivity index (χ2n) is 6.61. The minimum absolute atomic E-state index is 0.0245. The Morgan fingerprint density at radius 3 is 2.62 bits per heavy atom. The van der Waals surface area contributed by atoms with Crippen molar-refractivity contribution in [3.05, 3.63) is 29.0 Å². The Balaban J connectivity index is 1.41. The molecule has 3 aliphatic carbocycles. The molecule has 0 atom stereocenters. The van der Waals surface area contributed by atoms with Crippen LogP contribution in [-0.2, 0) is 14.4 Å². The summed E-state index contributed by atoms with van der Waals surface area (Å²) in [5.41, 5.74) is 1.14. The molecule has 0 aliphatic heterocycles. The van der Waals surface area contributed by atoms with Crippen LogP contribution in [0.3, 0.4) is 0 Å². The number of benzene rings is 1. The number of hydrogen-bond acceptors (Lipinski definition) is 5. The molecule has 2 bridgehead atoms. The molecule has 1 amide bonds. The van der Waals surface area contributed by atoms with Crippen molar-refractivity contribution >= 4 is 40.9 Å². The van der Waals surface area contributed by atoms with Crippen LogP contribution in [0.1, 0.15) is 19.3 Å². The molecule has 3 saturated carbocycles. The van der Waals surface area contributed by atoms with Gasteiger partial charge < -0.3 is 14.9 Å². The third-order valence-electron chi connectivity index (χ3n) is 4.53. The number of carbonyl (C=O) groups excluding carboxylic acids is 2. The van der Waals surface area contributed by atoms with Crippen molar-refractivity contribution in [2.24, 2.45) is 5.41 Å². The van der Waals surface area contributed by atoms with Crippen LogP contribution in [-0.4, -0.2) is 35.7 Å². The van der Waals surface area contributed by atoms with Gasteiger partial charge in [-0.15, -0.1) is 11.6 Å². The third kappa shape index (κ3) is 3.57. The molecule has 0 heterocycles. The topological polar surface area (TPSA) is 101 Å². The number of amides is 1. The molecular weight excluding hydrogens is 388 g/mol. The van der Waals surface area contributed by atoms with E-state index in [4.69, 9.17) is 38.2 Å². The molecule has 0 aromatic heterocycles. The van der Waals surface area contributed by atoms with Gasteiger partial charge in [-0.1, -0.05) is 11.6 Å². The van der Waals surface area contributed by atoms with E-state index >= 15 is 0 Å². The van der Waals surface area contributed by atoms with Gasteiger partial charge in [-0.2, -0.15) is 0 Å². The van der Waals surface area contributed by atoms with Gasteiger partial charge in [0.25, 0.3) is 5.91 Å². The molecule has 10 heteroatoms. The van der Waals surface area contributed by atoms with E-state index in [9.17, 15) is 14.0 Å². The van der Waals surface area contributed by atoms with Gasteiger partial charge in [0.2, 0.25) is 0 Å². The van der Waals surface area contributed by atoms with Gasteiger partial charge in [0.05, 0.1) is 16.3 Å². The van der Waals surface area contributed by atoms with Crippen LogP contribution in [0.2, 0.25) is 5.02 Å². The molecule has 3 N–H and O–H groups in total. The fraction of sp³-hybridized carbons (Fsp3) is 0.438. The fourth-order valence-electron chi connectivity index (χ4n) is 3.43.